The number of anilines is 2. The molecule has 0 aliphatic heterocycles. The van der Waals surface area contributed by atoms with Crippen LogP contribution >= 0.6 is 0 Å². The Morgan fingerprint density at radius 3 is 2.44 bits per heavy atom. The Kier molecular flexibility index (Phi) is 8.14. The fourth-order valence-corrected chi connectivity index (χ4v) is 4.26. The Balaban J connectivity index is 1.46. The number of aromatic nitrogens is 4. The van der Waals surface area contributed by atoms with Gasteiger partial charge in [0.1, 0.15) is 17.3 Å². The van der Waals surface area contributed by atoms with Gasteiger partial charge in [-0.3, -0.25) is 9.89 Å². The van der Waals surface area contributed by atoms with Crippen molar-refractivity contribution in [3.05, 3.63) is 79.1 Å². The van der Waals surface area contributed by atoms with Gasteiger partial charge >= 0.3 is 0 Å². The molecule has 0 bridgehead atoms. The second-order valence-corrected chi connectivity index (χ2v) is 10.7. The standard InChI is InChI=1S/C32H34N6O3/c1-5-15-40-26-13-14-28-27(17-26)31(35-24-11-9-21(10-12-24)23-18-33-34-19-23)37-30(36-28)22-7-6-8-25(16-22)41-20-29(39)38-32(2,3)4/h6-14,16-19H,5,15,20H2,1-4H3,(H,33,34)(H,38,39)(H,35,36,37). The smallest absolute Gasteiger partial charge is 0.258 e. The van der Waals surface area contributed by atoms with Crippen LogP contribution in [0.5, 0.6) is 11.5 Å². The number of fused-ring (bicyclic) bond motifs is 1. The molecule has 5 aromatic rings. The first-order chi connectivity index (χ1) is 19.8. The zero-order chi connectivity index (χ0) is 28.8. The Morgan fingerprint density at radius 1 is 0.902 bits per heavy atom. The van der Waals surface area contributed by atoms with Crippen molar-refractivity contribution in [2.75, 3.05) is 18.5 Å². The molecule has 1 amide bonds. The summed E-state index contributed by atoms with van der Waals surface area (Å²) in [4.78, 5) is 22.0. The number of amides is 1. The number of benzene rings is 3. The summed E-state index contributed by atoms with van der Waals surface area (Å²) in [6, 6.07) is 21.3. The highest BCUT2D eigenvalue weighted by molar-refractivity contribution is 5.93. The average Bonchev–Trinajstić information content (AvgIpc) is 3.50. The van der Waals surface area contributed by atoms with Gasteiger partial charge < -0.3 is 20.1 Å². The van der Waals surface area contributed by atoms with Crippen LogP contribution in [0.25, 0.3) is 33.4 Å². The van der Waals surface area contributed by atoms with Crippen LogP contribution in [0.2, 0.25) is 0 Å². The van der Waals surface area contributed by atoms with Crippen LogP contribution in [0, 0.1) is 0 Å². The molecule has 0 aliphatic carbocycles. The first-order valence-corrected chi connectivity index (χ1v) is 13.6. The number of hydrogen-bond donors (Lipinski definition) is 3. The van der Waals surface area contributed by atoms with Crippen molar-refractivity contribution >= 4 is 28.3 Å². The third-order valence-corrected chi connectivity index (χ3v) is 6.10. The molecule has 2 heterocycles. The van der Waals surface area contributed by atoms with Crippen LogP contribution in [0.1, 0.15) is 34.1 Å². The molecule has 9 heteroatoms. The van der Waals surface area contributed by atoms with Crippen molar-refractivity contribution in [1.29, 1.82) is 0 Å². The molecular weight excluding hydrogens is 516 g/mol. The van der Waals surface area contributed by atoms with E-state index in [0.717, 1.165) is 45.5 Å². The van der Waals surface area contributed by atoms with Crippen molar-refractivity contribution in [3.63, 3.8) is 0 Å². The van der Waals surface area contributed by atoms with Crippen LogP contribution in [-0.4, -0.2) is 44.8 Å². The molecule has 0 saturated carbocycles. The zero-order valence-electron chi connectivity index (χ0n) is 23.7. The van der Waals surface area contributed by atoms with Crippen molar-refractivity contribution in [1.82, 2.24) is 25.5 Å². The second kappa shape index (κ2) is 12.1. The number of hydrogen-bond acceptors (Lipinski definition) is 7. The molecular formula is C32H34N6O3. The molecule has 0 spiro atoms. The summed E-state index contributed by atoms with van der Waals surface area (Å²) in [5.74, 6) is 2.32. The first kappa shape index (κ1) is 27.6. The monoisotopic (exact) mass is 550 g/mol. The van der Waals surface area contributed by atoms with Gasteiger partial charge in [0.2, 0.25) is 0 Å². The van der Waals surface area contributed by atoms with Gasteiger partial charge in [-0.2, -0.15) is 5.10 Å². The van der Waals surface area contributed by atoms with Crippen LogP contribution in [-0.2, 0) is 4.79 Å². The molecule has 0 aliphatic rings. The average molecular weight is 551 g/mol. The summed E-state index contributed by atoms with van der Waals surface area (Å²) in [5.41, 5.74) is 4.16. The van der Waals surface area contributed by atoms with E-state index in [0.29, 0.717) is 24.0 Å². The van der Waals surface area contributed by atoms with Gasteiger partial charge in [-0.1, -0.05) is 31.2 Å². The molecule has 41 heavy (non-hydrogen) atoms. The number of nitrogens with one attached hydrogen (secondary N) is 3. The molecule has 0 fully saturated rings. The minimum atomic E-state index is -0.328. The van der Waals surface area contributed by atoms with E-state index in [-0.39, 0.29) is 18.1 Å². The van der Waals surface area contributed by atoms with E-state index >= 15 is 0 Å². The van der Waals surface area contributed by atoms with Crippen molar-refractivity contribution in [2.45, 2.75) is 39.7 Å². The van der Waals surface area contributed by atoms with E-state index in [2.05, 4.69) is 27.8 Å². The first-order valence-electron chi connectivity index (χ1n) is 13.6. The van der Waals surface area contributed by atoms with E-state index < -0.39 is 0 Å². The number of H-pyrrole nitrogens is 1. The topological polar surface area (TPSA) is 114 Å². The lowest BCUT2D eigenvalue weighted by Gasteiger charge is -2.20. The molecule has 3 aromatic carbocycles. The summed E-state index contributed by atoms with van der Waals surface area (Å²) >= 11 is 0. The van der Waals surface area contributed by atoms with Gasteiger partial charge in [-0.15, -0.1) is 0 Å². The van der Waals surface area contributed by atoms with Crippen LogP contribution in [0.3, 0.4) is 0 Å². The Hall–Kier alpha value is -4.92. The maximum absolute atomic E-state index is 12.2. The number of carbonyl (C=O) groups is 1. The molecule has 2 aromatic heterocycles. The predicted octanol–water partition coefficient (Wildman–Crippen LogP) is 6.51. The van der Waals surface area contributed by atoms with Gasteiger partial charge in [0, 0.05) is 33.9 Å². The lowest BCUT2D eigenvalue weighted by molar-refractivity contribution is -0.124. The maximum Gasteiger partial charge on any atom is 0.258 e. The maximum atomic E-state index is 12.2. The minimum absolute atomic E-state index is 0.0819. The third kappa shape index (κ3) is 7.19. The largest absolute Gasteiger partial charge is 0.494 e. The molecule has 210 valence electrons. The quantitative estimate of drug-likeness (QED) is 0.182. The number of nitrogens with zero attached hydrogens (tertiary/aromatic N) is 3. The van der Waals surface area contributed by atoms with E-state index in [4.69, 9.17) is 19.4 Å². The molecule has 3 N–H and O–H groups in total. The van der Waals surface area contributed by atoms with Crippen LogP contribution in [0.4, 0.5) is 11.5 Å². The van der Waals surface area contributed by atoms with E-state index in [9.17, 15) is 4.79 Å². The minimum Gasteiger partial charge on any atom is -0.494 e. The summed E-state index contributed by atoms with van der Waals surface area (Å²) in [5, 5.41) is 14.1. The molecule has 0 unspecified atom stereocenters. The highest BCUT2D eigenvalue weighted by Crippen LogP contribution is 2.32. The SMILES string of the molecule is CCCOc1ccc2nc(-c3cccc(OCC(=O)NC(C)(C)C)c3)nc(Nc3ccc(-c4cn[nH]c4)cc3)c2c1. The van der Waals surface area contributed by atoms with Gasteiger partial charge in [0.05, 0.1) is 18.3 Å². The van der Waals surface area contributed by atoms with Gasteiger partial charge in [0.25, 0.3) is 5.91 Å². The van der Waals surface area contributed by atoms with Gasteiger partial charge in [0.15, 0.2) is 12.4 Å². The molecule has 0 atom stereocenters. The summed E-state index contributed by atoms with van der Waals surface area (Å²) in [6.45, 7) is 8.42. The number of ether oxygens (including phenoxy) is 2. The van der Waals surface area contributed by atoms with Crippen molar-refractivity contribution in [3.8, 4) is 34.0 Å². The molecule has 0 radical (unpaired) electrons. The lowest BCUT2D eigenvalue weighted by atomic mass is 10.1. The highest BCUT2D eigenvalue weighted by Gasteiger charge is 2.15. The molecule has 9 nitrogen and oxygen atoms in total. The van der Waals surface area contributed by atoms with Gasteiger partial charge in [-0.25, -0.2) is 9.97 Å². The molecule has 5 rings (SSSR count). The van der Waals surface area contributed by atoms with E-state index in [1.807, 2.05) is 93.7 Å². The van der Waals surface area contributed by atoms with Crippen molar-refractivity contribution < 1.29 is 14.3 Å². The Labute approximate surface area is 239 Å². The summed E-state index contributed by atoms with van der Waals surface area (Å²) < 4.78 is 11.7. The summed E-state index contributed by atoms with van der Waals surface area (Å²) in [7, 11) is 0. The molecule has 0 saturated heterocycles. The highest BCUT2D eigenvalue weighted by atomic mass is 16.5. The number of carbonyl (C=O) groups excluding carboxylic acids is 1. The Morgan fingerprint density at radius 2 is 1.71 bits per heavy atom. The third-order valence-electron chi connectivity index (χ3n) is 6.10. The number of aromatic amines is 1. The van der Waals surface area contributed by atoms with Crippen LogP contribution < -0.4 is 20.1 Å². The fraction of sp³-hybridized carbons (Fsp3) is 0.250. The lowest BCUT2D eigenvalue weighted by Crippen LogP contribution is -2.43. The van der Waals surface area contributed by atoms with E-state index in [1.165, 1.54) is 0 Å². The number of rotatable bonds is 10. The predicted molar refractivity (Wildman–Crippen MR) is 161 cm³/mol. The second-order valence-electron chi connectivity index (χ2n) is 10.7. The zero-order valence-corrected chi connectivity index (χ0v) is 23.7. The van der Waals surface area contributed by atoms with Gasteiger partial charge in [-0.05, 0) is 75.2 Å². The van der Waals surface area contributed by atoms with Crippen molar-refractivity contribution in [2.24, 2.45) is 0 Å². The fourth-order valence-electron chi connectivity index (χ4n) is 4.26. The normalized spacial score (nSPS) is 11.3. The summed E-state index contributed by atoms with van der Waals surface area (Å²) in [6.07, 6.45) is 4.57. The Bertz CT molecular complexity index is 1630. The van der Waals surface area contributed by atoms with E-state index in [1.54, 1.807) is 6.20 Å². The van der Waals surface area contributed by atoms with Crippen LogP contribution in [0.15, 0.2) is 79.1 Å².